The van der Waals surface area contributed by atoms with E-state index >= 15 is 0 Å². The molecule has 0 bridgehead atoms. The lowest BCUT2D eigenvalue weighted by atomic mass is 10.0. The van der Waals surface area contributed by atoms with Crippen LogP contribution in [0, 0.1) is 12.7 Å². The Morgan fingerprint density at radius 3 is 2.92 bits per heavy atom. The second kappa shape index (κ2) is 7.57. The highest BCUT2D eigenvalue weighted by Crippen LogP contribution is 2.23. The van der Waals surface area contributed by atoms with Crippen molar-refractivity contribution in [1.82, 2.24) is 14.9 Å². The Morgan fingerprint density at radius 1 is 1.33 bits per heavy atom. The molecular weight excluding hydrogens is 371 g/mol. The summed E-state index contributed by atoms with van der Waals surface area (Å²) in [6, 6.07) is 7.71. The van der Waals surface area contributed by atoms with Crippen molar-refractivity contribution >= 4 is 21.7 Å². The van der Waals surface area contributed by atoms with Gasteiger partial charge in [-0.2, -0.15) is 0 Å². The first-order valence-electron chi connectivity index (χ1n) is 8.20. The summed E-state index contributed by atoms with van der Waals surface area (Å²) >= 11 is 3.27. The Bertz CT molecular complexity index is 709. The standard InChI is InChI=1S/C18H22BrFN4/c1-13-8-18(22-12-21-13)23(2)15-4-3-7-24(11-15)10-14-5-6-17(20)16(19)9-14/h5-6,8-9,12,15H,3-4,7,10-11H2,1-2H3. The molecule has 1 aromatic heterocycles. The van der Waals surface area contributed by atoms with Crippen LogP contribution in [0.2, 0.25) is 0 Å². The molecule has 24 heavy (non-hydrogen) atoms. The van der Waals surface area contributed by atoms with Crippen molar-refractivity contribution in [3.63, 3.8) is 0 Å². The zero-order valence-corrected chi connectivity index (χ0v) is 15.6. The van der Waals surface area contributed by atoms with Crippen LogP contribution >= 0.6 is 15.9 Å². The molecule has 0 aliphatic carbocycles. The molecule has 1 aliphatic heterocycles. The summed E-state index contributed by atoms with van der Waals surface area (Å²) in [6.07, 6.45) is 3.93. The smallest absolute Gasteiger partial charge is 0.137 e. The minimum absolute atomic E-state index is 0.214. The molecule has 2 aromatic rings. The largest absolute Gasteiger partial charge is 0.355 e. The average Bonchev–Trinajstić information content (AvgIpc) is 2.58. The van der Waals surface area contributed by atoms with Crippen molar-refractivity contribution in [3.05, 3.63) is 52.1 Å². The molecule has 128 valence electrons. The molecular formula is C18H22BrFN4. The lowest BCUT2D eigenvalue weighted by molar-refractivity contribution is 0.198. The fraction of sp³-hybridized carbons (Fsp3) is 0.444. The number of aryl methyl sites for hydroxylation is 1. The molecule has 1 atom stereocenters. The molecule has 0 N–H and O–H groups in total. The Labute approximate surface area is 150 Å². The van der Waals surface area contributed by atoms with Crippen molar-refractivity contribution in [2.75, 3.05) is 25.0 Å². The molecule has 1 unspecified atom stereocenters. The second-order valence-corrected chi connectivity index (χ2v) is 7.26. The Morgan fingerprint density at radius 2 is 2.17 bits per heavy atom. The predicted octanol–water partition coefficient (Wildman–Crippen LogP) is 3.79. The first-order chi connectivity index (χ1) is 11.5. The summed E-state index contributed by atoms with van der Waals surface area (Å²) in [5.74, 6) is 0.757. The maximum atomic E-state index is 13.4. The number of halogens is 2. The fourth-order valence-electron chi connectivity index (χ4n) is 3.21. The summed E-state index contributed by atoms with van der Waals surface area (Å²) in [4.78, 5) is 13.2. The molecule has 1 fully saturated rings. The van der Waals surface area contributed by atoms with Gasteiger partial charge in [0.2, 0.25) is 0 Å². The number of hydrogen-bond acceptors (Lipinski definition) is 4. The molecule has 0 radical (unpaired) electrons. The van der Waals surface area contributed by atoms with Gasteiger partial charge in [-0.15, -0.1) is 0 Å². The van der Waals surface area contributed by atoms with E-state index in [1.165, 1.54) is 6.07 Å². The monoisotopic (exact) mass is 392 g/mol. The number of likely N-dealkylation sites (N-methyl/N-ethyl adjacent to an activating group) is 1. The van der Waals surface area contributed by atoms with Gasteiger partial charge in [-0.25, -0.2) is 14.4 Å². The molecule has 1 aromatic carbocycles. The third-order valence-electron chi connectivity index (χ3n) is 4.57. The maximum absolute atomic E-state index is 13.4. The van der Waals surface area contributed by atoms with E-state index < -0.39 is 0 Å². The highest BCUT2D eigenvalue weighted by atomic mass is 79.9. The number of nitrogens with zero attached hydrogens (tertiary/aromatic N) is 4. The fourth-order valence-corrected chi connectivity index (χ4v) is 3.63. The Hall–Kier alpha value is -1.53. The quantitative estimate of drug-likeness (QED) is 0.792. The molecule has 2 heterocycles. The minimum atomic E-state index is -0.214. The zero-order chi connectivity index (χ0) is 17.1. The van der Waals surface area contributed by atoms with E-state index in [0.29, 0.717) is 10.5 Å². The van der Waals surface area contributed by atoms with Gasteiger partial charge in [0.1, 0.15) is 18.0 Å². The van der Waals surface area contributed by atoms with Crippen molar-refractivity contribution in [2.24, 2.45) is 0 Å². The van der Waals surface area contributed by atoms with Crippen LogP contribution < -0.4 is 4.90 Å². The van der Waals surface area contributed by atoms with E-state index in [9.17, 15) is 4.39 Å². The summed E-state index contributed by atoms with van der Waals surface area (Å²) in [5.41, 5.74) is 2.11. The molecule has 1 aliphatic rings. The van der Waals surface area contributed by atoms with Gasteiger partial charge in [0.05, 0.1) is 4.47 Å². The number of aromatic nitrogens is 2. The summed E-state index contributed by atoms with van der Waals surface area (Å²) in [6.45, 7) is 4.88. The first kappa shape index (κ1) is 17.3. The van der Waals surface area contributed by atoms with Crippen LogP contribution in [-0.4, -0.2) is 41.0 Å². The normalized spacial score (nSPS) is 18.6. The third kappa shape index (κ3) is 4.11. The number of rotatable bonds is 4. The molecule has 6 heteroatoms. The predicted molar refractivity (Wildman–Crippen MR) is 97.6 cm³/mol. The lowest BCUT2D eigenvalue weighted by Gasteiger charge is -2.38. The van der Waals surface area contributed by atoms with Gasteiger partial charge < -0.3 is 4.90 Å². The summed E-state index contributed by atoms with van der Waals surface area (Å²) in [5, 5.41) is 0. The molecule has 0 saturated carbocycles. The first-order valence-corrected chi connectivity index (χ1v) is 9.00. The van der Waals surface area contributed by atoms with Crippen LogP contribution in [0.25, 0.3) is 0 Å². The molecule has 0 spiro atoms. The number of benzene rings is 1. The number of anilines is 1. The van der Waals surface area contributed by atoms with Crippen LogP contribution in [0.4, 0.5) is 10.2 Å². The van der Waals surface area contributed by atoms with Crippen LogP contribution in [0.3, 0.4) is 0 Å². The van der Waals surface area contributed by atoms with E-state index in [1.54, 1.807) is 6.33 Å². The van der Waals surface area contributed by atoms with Gasteiger partial charge >= 0.3 is 0 Å². The van der Waals surface area contributed by atoms with Gasteiger partial charge in [-0.05, 0) is 59.9 Å². The van der Waals surface area contributed by atoms with Gasteiger partial charge in [-0.1, -0.05) is 6.07 Å². The molecule has 3 rings (SSSR count). The van der Waals surface area contributed by atoms with Crippen LogP contribution in [0.5, 0.6) is 0 Å². The minimum Gasteiger partial charge on any atom is -0.355 e. The topological polar surface area (TPSA) is 32.3 Å². The molecule has 4 nitrogen and oxygen atoms in total. The lowest BCUT2D eigenvalue weighted by Crippen LogP contribution is -2.46. The Balaban J connectivity index is 1.66. The van der Waals surface area contributed by atoms with Crippen molar-refractivity contribution in [3.8, 4) is 0 Å². The average molecular weight is 393 g/mol. The number of likely N-dealkylation sites (tertiary alicyclic amines) is 1. The van der Waals surface area contributed by atoms with Gasteiger partial charge in [-0.3, -0.25) is 4.90 Å². The highest BCUT2D eigenvalue weighted by molar-refractivity contribution is 9.10. The van der Waals surface area contributed by atoms with Gasteiger partial charge in [0.15, 0.2) is 0 Å². The van der Waals surface area contributed by atoms with E-state index in [0.717, 1.165) is 49.6 Å². The molecule has 1 saturated heterocycles. The number of hydrogen-bond donors (Lipinski definition) is 0. The van der Waals surface area contributed by atoms with Gasteiger partial charge in [0.25, 0.3) is 0 Å². The summed E-state index contributed by atoms with van der Waals surface area (Å²) < 4.78 is 13.9. The van der Waals surface area contributed by atoms with Gasteiger partial charge in [0, 0.05) is 37.9 Å². The van der Waals surface area contributed by atoms with E-state index in [2.05, 4.69) is 42.7 Å². The van der Waals surface area contributed by atoms with E-state index in [-0.39, 0.29) is 5.82 Å². The van der Waals surface area contributed by atoms with Crippen LogP contribution in [-0.2, 0) is 6.54 Å². The van der Waals surface area contributed by atoms with E-state index in [4.69, 9.17) is 0 Å². The summed E-state index contributed by atoms with van der Waals surface area (Å²) in [7, 11) is 2.10. The highest BCUT2D eigenvalue weighted by Gasteiger charge is 2.24. The van der Waals surface area contributed by atoms with Crippen LogP contribution in [0.1, 0.15) is 24.1 Å². The third-order valence-corrected chi connectivity index (χ3v) is 5.18. The number of piperidine rings is 1. The Kier molecular flexibility index (Phi) is 5.46. The van der Waals surface area contributed by atoms with E-state index in [1.807, 2.05) is 25.1 Å². The van der Waals surface area contributed by atoms with Crippen molar-refractivity contribution in [2.45, 2.75) is 32.4 Å². The van der Waals surface area contributed by atoms with Crippen molar-refractivity contribution in [1.29, 1.82) is 0 Å². The van der Waals surface area contributed by atoms with Crippen LogP contribution in [0.15, 0.2) is 35.1 Å². The van der Waals surface area contributed by atoms with Crippen molar-refractivity contribution < 1.29 is 4.39 Å². The second-order valence-electron chi connectivity index (χ2n) is 6.41. The molecule has 0 amide bonds. The zero-order valence-electron chi connectivity index (χ0n) is 14.0. The maximum Gasteiger partial charge on any atom is 0.137 e. The SMILES string of the molecule is Cc1cc(N(C)C2CCCN(Cc3ccc(F)c(Br)c3)C2)ncn1.